The Kier molecular flexibility index (Phi) is 3.71. The highest BCUT2D eigenvalue weighted by Gasteiger charge is 2.12. The van der Waals surface area contributed by atoms with E-state index in [1.165, 1.54) is 0 Å². The van der Waals surface area contributed by atoms with Crippen LogP contribution in [0.1, 0.15) is 15.9 Å². The maximum Gasteiger partial charge on any atom is 0.153 e. The number of rotatable bonds is 3. The van der Waals surface area contributed by atoms with Gasteiger partial charge in [-0.25, -0.2) is 4.68 Å². The number of aromatic nitrogens is 2. The summed E-state index contributed by atoms with van der Waals surface area (Å²) in [5, 5.41) is 4.58. The van der Waals surface area contributed by atoms with E-state index in [-0.39, 0.29) is 0 Å². The SMILES string of the molecule is Cc1cc(Br)ccc1-n1cc(C=O)c(-c2ccccc2)n1. The second-order valence-corrected chi connectivity index (χ2v) is 5.71. The Morgan fingerprint density at radius 3 is 2.57 bits per heavy atom. The van der Waals surface area contributed by atoms with Crippen LogP contribution < -0.4 is 0 Å². The monoisotopic (exact) mass is 340 g/mol. The van der Waals surface area contributed by atoms with Crippen LogP contribution in [-0.2, 0) is 0 Å². The summed E-state index contributed by atoms with van der Waals surface area (Å²) in [5.74, 6) is 0. The van der Waals surface area contributed by atoms with Crippen molar-refractivity contribution in [2.24, 2.45) is 0 Å². The molecule has 0 fully saturated rings. The maximum atomic E-state index is 11.3. The van der Waals surface area contributed by atoms with Crippen molar-refractivity contribution < 1.29 is 4.79 Å². The van der Waals surface area contributed by atoms with Gasteiger partial charge in [-0.15, -0.1) is 0 Å². The normalized spacial score (nSPS) is 10.6. The molecule has 2 aromatic carbocycles. The molecule has 4 heteroatoms. The fraction of sp³-hybridized carbons (Fsp3) is 0.0588. The molecule has 3 rings (SSSR count). The predicted octanol–water partition coefficient (Wildman–Crippen LogP) is 4.42. The van der Waals surface area contributed by atoms with E-state index in [0.29, 0.717) is 11.3 Å². The number of aldehydes is 1. The van der Waals surface area contributed by atoms with E-state index in [4.69, 9.17) is 0 Å². The highest BCUT2D eigenvalue weighted by molar-refractivity contribution is 9.10. The van der Waals surface area contributed by atoms with Crippen LogP contribution in [-0.4, -0.2) is 16.1 Å². The standard InChI is InChI=1S/C17H13BrN2O/c1-12-9-15(18)7-8-16(12)20-10-14(11-21)17(19-20)13-5-3-2-4-6-13/h2-11H,1H3. The number of carbonyl (C=O) groups is 1. The molecule has 104 valence electrons. The molecule has 0 spiro atoms. The number of benzene rings is 2. The first kappa shape index (κ1) is 13.8. The van der Waals surface area contributed by atoms with Gasteiger partial charge in [-0.05, 0) is 30.7 Å². The molecular formula is C17H13BrN2O. The molecule has 0 aliphatic rings. The van der Waals surface area contributed by atoms with Crippen LogP contribution in [0.5, 0.6) is 0 Å². The fourth-order valence-corrected chi connectivity index (χ4v) is 2.77. The van der Waals surface area contributed by atoms with Crippen LogP contribution in [0.3, 0.4) is 0 Å². The summed E-state index contributed by atoms with van der Waals surface area (Å²) >= 11 is 3.45. The van der Waals surface area contributed by atoms with E-state index in [1.54, 1.807) is 10.9 Å². The third-order valence-electron chi connectivity index (χ3n) is 3.32. The predicted molar refractivity (Wildman–Crippen MR) is 86.8 cm³/mol. The summed E-state index contributed by atoms with van der Waals surface area (Å²) < 4.78 is 2.78. The maximum absolute atomic E-state index is 11.3. The molecular weight excluding hydrogens is 328 g/mol. The van der Waals surface area contributed by atoms with Gasteiger partial charge in [-0.1, -0.05) is 46.3 Å². The molecule has 0 unspecified atom stereocenters. The largest absolute Gasteiger partial charge is 0.298 e. The zero-order valence-corrected chi connectivity index (χ0v) is 13.0. The lowest BCUT2D eigenvalue weighted by Gasteiger charge is -2.06. The zero-order chi connectivity index (χ0) is 14.8. The quantitative estimate of drug-likeness (QED) is 0.661. The highest BCUT2D eigenvalue weighted by Crippen LogP contribution is 2.24. The molecule has 0 amide bonds. The lowest BCUT2D eigenvalue weighted by atomic mass is 10.1. The van der Waals surface area contributed by atoms with Crippen molar-refractivity contribution in [1.82, 2.24) is 9.78 Å². The highest BCUT2D eigenvalue weighted by atomic mass is 79.9. The first-order valence-electron chi connectivity index (χ1n) is 6.56. The van der Waals surface area contributed by atoms with Crippen molar-refractivity contribution in [3.05, 3.63) is 70.3 Å². The Labute approximate surface area is 131 Å². The molecule has 1 heterocycles. The molecule has 0 aliphatic heterocycles. The van der Waals surface area contributed by atoms with E-state index in [9.17, 15) is 4.79 Å². The molecule has 0 N–H and O–H groups in total. The summed E-state index contributed by atoms with van der Waals surface area (Å²) in [6.07, 6.45) is 2.62. The van der Waals surface area contributed by atoms with Gasteiger partial charge in [0.15, 0.2) is 6.29 Å². The van der Waals surface area contributed by atoms with Gasteiger partial charge < -0.3 is 0 Å². The number of aryl methyl sites for hydroxylation is 1. The van der Waals surface area contributed by atoms with Gasteiger partial charge >= 0.3 is 0 Å². The zero-order valence-electron chi connectivity index (χ0n) is 11.5. The average molecular weight is 341 g/mol. The van der Waals surface area contributed by atoms with Crippen molar-refractivity contribution in [2.45, 2.75) is 6.92 Å². The fourth-order valence-electron chi connectivity index (χ4n) is 2.29. The van der Waals surface area contributed by atoms with Crippen molar-refractivity contribution in [3.63, 3.8) is 0 Å². The smallest absolute Gasteiger partial charge is 0.153 e. The first-order chi connectivity index (χ1) is 10.2. The van der Waals surface area contributed by atoms with Gasteiger partial charge in [0.05, 0.1) is 11.3 Å². The number of nitrogens with zero attached hydrogens (tertiary/aromatic N) is 2. The molecule has 0 saturated carbocycles. The lowest BCUT2D eigenvalue weighted by Crippen LogP contribution is -1.97. The Hall–Kier alpha value is -2.20. The van der Waals surface area contributed by atoms with Crippen LogP contribution in [0.25, 0.3) is 16.9 Å². The summed E-state index contributed by atoms with van der Waals surface area (Å²) in [7, 11) is 0. The summed E-state index contributed by atoms with van der Waals surface area (Å²) in [6.45, 7) is 2.02. The van der Waals surface area contributed by atoms with Gasteiger partial charge in [0.25, 0.3) is 0 Å². The van der Waals surface area contributed by atoms with Gasteiger partial charge in [0, 0.05) is 16.2 Å². The van der Waals surface area contributed by atoms with Crippen molar-refractivity contribution in [2.75, 3.05) is 0 Å². The molecule has 0 radical (unpaired) electrons. The third kappa shape index (κ3) is 2.67. The van der Waals surface area contributed by atoms with Crippen LogP contribution in [0.2, 0.25) is 0 Å². The minimum atomic E-state index is 0.587. The third-order valence-corrected chi connectivity index (χ3v) is 3.82. The number of hydrogen-bond acceptors (Lipinski definition) is 2. The molecule has 0 atom stereocenters. The Morgan fingerprint density at radius 1 is 1.14 bits per heavy atom. The molecule has 3 aromatic rings. The van der Waals surface area contributed by atoms with Gasteiger partial charge in [-0.2, -0.15) is 5.10 Å². The molecule has 1 aromatic heterocycles. The molecule has 0 saturated heterocycles. The number of halogens is 1. The van der Waals surface area contributed by atoms with Crippen molar-refractivity contribution in [3.8, 4) is 16.9 Å². The second-order valence-electron chi connectivity index (χ2n) is 4.79. The van der Waals surface area contributed by atoms with Gasteiger partial charge in [0.2, 0.25) is 0 Å². The second kappa shape index (κ2) is 5.66. The summed E-state index contributed by atoms with van der Waals surface area (Å²) in [5.41, 5.74) is 4.27. The Bertz CT molecular complexity index is 794. The number of carbonyl (C=O) groups excluding carboxylic acids is 1. The van der Waals surface area contributed by atoms with Crippen LogP contribution >= 0.6 is 15.9 Å². The van der Waals surface area contributed by atoms with E-state index in [1.807, 2.05) is 55.5 Å². The van der Waals surface area contributed by atoms with E-state index < -0.39 is 0 Å². The van der Waals surface area contributed by atoms with Crippen LogP contribution in [0.4, 0.5) is 0 Å². The molecule has 3 nitrogen and oxygen atoms in total. The van der Waals surface area contributed by atoms with Crippen LogP contribution in [0.15, 0.2) is 59.2 Å². The Balaban J connectivity index is 2.14. The van der Waals surface area contributed by atoms with Gasteiger partial charge in [-0.3, -0.25) is 4.79 Å². The Morgan fingerprint density at radius 2 is 1.90 bits per heavy atom. The van der Waals surface area contributed by atoms with Gasteiger partial charge in [0.1, 0.15) is 5.69 Å². The average Bonchev–Trinajstić information content (AvgIpc) is 2.92. The van der Waals surface area contributed by atoms with E-state index >= 15 is 0 Å². The minimum absolute atomic E-state index is 0.587. The summed E-state index contributed by atoms with van der Waals surface area (Å²) in [6, 6.07) is 15.7. The first-order valence-corrected chi connectivity index (χ1v) is 7.35. The molecule has 21 heavy (non-hydrogen) atoms. The molecule has 0 aliphatic carbocycles. The number of hydrogen-bond donors (Lipinski definition) is 0. The summed E-state index contributed by atoms with van der Waals surface area (Å²) in [4.78, 5) is 11.3. The minimum Gasteiger partial charge on any atom is -0.298 e. The lowest BCUT2D eigenvalue weighted by molar-refractivity contribution is 0.112. The van der Waals surface area contributed by atoms with E-state index in [0.717, 1.165) is 27.6 Å². The van der Waals surface area contributed by atoms with Crippen molar-refractivity contribution in [1.29, 1.82) is 0 Å². The molecule has 0 bridgehead atoms. The topological polar surface area (TPSA) is 34.9 Å². The van der Waals surface area contributed by atoms with E-state index in [2.05, 4.69) is 21.0 Å². The van der Waals surface area contributed by atoms with Crippen LogP contribution in [0, 0.1) is 6.92 Å². The van der Waals surface area contributed by atoms with Crippen molar-refractivity contribution >= 4 is 22.2 Å².